The van der Waals surface area contributed by atoms with Crippen LogP contribution in [0.25, 0.3) is 0 Å². The summed E-state index contributed by atoms with van der Waals surface area (Å²) in [4.78, 5) is -0.216. The van der Waals surface area contributed by atoms with E-state index in [4.69, 9.17) is 22.1 Å². The standard InChI is InChI=1S/C11H16ClFN2O3S/c1-3-18-5-4-15(2)19(16,17)11-7-10(14)9(13)6-8(11)12/h6-7H,3-5,14H2,1-2H3. The van der Waals surface area contributed by atoms with Crippen molar-refractivity contribution in [2.45, 2.75) is 11.8 Å². The van der Waals surface area contributed by atoms with Gasteiger partial charge in [0, 0.05) is 20.2 Å². The zero-order valence-corrected chi connectivity index (χ0v) is 12.3. The van der Waals surface area contributed by atoms with Crippen LogP contribution in [0.1, 0.15) is 6.92 Å². The van der Waals surface area contributed by atoms with E-state index >= 15 is 0 Å². The molecule has 0 aliphatic rings. The van der Waals surface area contributed by atoms with E-state index in [0.29, 0.717) is 6.61 Å². The van der Waals surface area contributed by atoms with Crippen LogP contribution in [0.3, 0.4) is 0 Å². The summed E-state index contributed by atoms with van der Waals surface area (Å²) >= 11 is 5.76. The molecule has 0 radical (unpaired) electrons. The number of nitrogens with two attached hydrogens (primary N) is 1. The van der Waals surface area contributed by atoms with Gasteiger partial charge in [0.25, 0.3) is 0 Å². The zero-order valence-electron chi connectivity index (χ0n) is 10.7. The van der Waals surface area contributed by atoms with E-state index in [2.05, 4.69) is 0 Å². The third kappa shape index (κ3) is 3.79. The molecule has 0 fully saturated rings. The molecule has 0 aliphatic heterocycles. The van der Waals surface area contributed by atoms with Gasteiger partial charge in [0.1, 0.15) is 10.7 Å². The molecule has 108 valence electrons. The van der Waals surface area contributed by atoms with Gasteiger partial charge in [-0.3, -0.25) is 0 Å². The zero-order chi connectivity index (χ0) is 14.6. The van der Waals surface area contributed by atoms with Crippen molar-refractivity contribution in [3.05, 3.63) is 23.0 Å². The second-order valence-corrected chi connectivity index (χ2v) is 6.25. The van der Waals surface area contributed by atoms with E-state index < -0.39 is 15.8 Å². The fourth-order valence-electron chi connectivity index (χ4n) is 1.37. The van der Waals surface area contributed by atoms with Crippen molar-refractivity contribution in [2.24, 2.45) is 0 Å². The lowest BCUT2D eigenvalue weighted by molar-refractivity contribution is 0.138. The lowest BCUT2D eigenvalue weighted by atomic mass is 10.3. The third-order valence-corrected chi connectivity index (χ3v) is 4.82. The van der Waals surface area contributed by atoms with Crippen LogP contribution in [-0.4, -0.2) is 39.5 Å². The lowest BCUT2D eigenvalue weighted by Crippen LogP contribution is -2.30. The first-order valence-corrected chi connectivity index (χ1v) is 7.41. The average Bonchev–Trinajstić information content (AvgIpc) is 2.33. The largest absolute Gasteiger partial charge is 0.396 e. The van der Waals surface area contributed by atoms with Gasteiger partial charge in [-0.2, -0.15) is 4.31 Å². The van der Waals surface area contributed by atoms with Crippen LogP contribution in [0.2, 0.25) is 5.02 Å². The van der Waals surface area contributed by atoms with E-state index in [-0.39, 0.29) is 28.8 Å². The molecule has 5 nitrogen and oxygen atoms in total. The molecule has 0 aromatic heterocycles. The Morgan fingerprint density at radius 2 is 2.11 bits per heavy atom. The Kier molecular flexibility index (Phi) is 5.54. The molecule has 0 bridgehead atoms. The second-order valence-electron chi connectivity index (χ2n) is 3.83. The summed E-state index contributed by atoms with van der Waals surface area (Å²) in [5, 5.41) is -0.199. The Hall–Kier alpha value is -0.890. The van der Waals surface area contributed by atoms with Crippen LogP contribution in [0, 0.1) is 5.82 Å². The number of benzene rings is 1. The fourth-order valence-corrected chi connectivity index (χ4v) is 3.04. The molecule has 0 saturated carbocycles. The van der Waals surface area contributed by atoms with Crippen LogP contribution >= 0.6 is 11.6 Å². The van der Waals surface area contributed by atoms with Gasteiger partial charge in [-0.15, -0.1) is 0 Å². The minimum absolute atomic E-state index is 0.170. The molecule has 0 spiro atoms. The van der Waals surface area contributed by atoms with Gasteiger partial charge in [-0.25, -0.2) is 12.8 Å². The van der Waals surface area contributed by atoms with Crippen molar-refractivity contribution in [1.82, 2.24) is 4.31 Å². The highest BCUT2D eigenvalue weighted by atomic mass is 35.5. The van der Waals surface area contributed by atoms with Crippen LogP contribution in [0.4, 0.5) is 10.1 Å². The van der Waals surface area contributed by atoms with Crippen molar-refractivity contribution >= 4 is 27.3 Å². The number of likely N-dealkylation sites (N-methyl/N-ethyl adjacent to an activating group) is 1. The number of rotatable bonds is 6. The van der Waals surface area contributed by atoms with E-state index in [9.17, 15) is 12.8 Å². The summed E-state index contributed by atoms with van der Waals surface area (Å²) in [7, 11) is -2.42. The first kappa shape index (κ1) is 16.2. The van der Waals surface area contributed by atoms with Crippen molar-refractivity contribution < 1.29 is 17.5 Å². The van der Waals surface area contributed by atoms with Gasteiger partial charge in [-0.1, -0.05) is 11.6 Å². The number of ether oxygens (including phenoxy) is 1. The first-order chi connectivity index (χ1) is 8.80. The van der Waals surface area contributed by atoms with Crippen molar-refractivity contribution in [3.63, 3.8) is 0 Å². The van der Waals surface area contributed by atoms with Gasteiger partial charge >= 0.3 is 0 Å². The SMILES string of the molecule is CCOCCN(C)S(=O)(=O)c1cc(N)c(F)cc1Cl. The molecule has 0 aliphatic carbocycles. The van der Waals surface area contributed by atoms with Crippen molar-refractivity contribution in [2.75, 3.05) is 32.5 Å². The molecular formula is C11H16ClFN2O3S. The monoisotopic (exact) mass is 310 g/mol. The van der Waals surface area contributed by atoms with Crippen LogP contribution in [-0.2, 0) is 14.8 Å². The maximum atomic E-state index is 13.2. The second kappa shape index (κ2) is 6.51. The molecule has 0 unspecified atom stereocenters. The minimum atomic E-state index is -3.81. The topological polar surface area (TPSA) is 72.6 Å². The van der Waals surface area contributed by atoms with Gasteiger partial charge in [0.05, 0.1) is 17.3 Å². The quantitative estimate of drug-likeness (QED) is 0.641. The van der Waals surface area contributed by atoms with Crippen LogP contribution in [0.5, 0.6) is 0 Å². The molecule has 8 heteroatoms. The van der Waals surface area contributed by atoms with Gasteiger partial charge in [0.15, 0.2) is 0 Å². The van der Waals surface area contributed by atoms with Crippen LogP contribution in [0.15, 0.2) is 17.0 Å². The first-order valence-electron chi connectivity index (χ1n) is 5.59. The summed E-state index contributed by atoms with van der Waals surface area (Å²) in [6.45, 7) is 2.74. The van der Waals surface area contributed by atoms with Gasteiger partial charge in [-0.05, 0) is 19.1 Å². The van der Waals surface area contributed by atoms with E-state index in [1.165, 1.54) is 7.05 Å². The summed E-state index contributed by atoms with van der Waals surface area (Å²) in [6.07, 6.45) is 0. The lowest BCUT2D eigenvalue weighted by Gasteiger charge is -2.18. The Morgan fingerprint density at radius 1 is 1.47 bits per heavy atom. The molecule has 1 aromatic rings. The van der Waals surface area contributed by atoms with Gasteiger partial charge < -0.3 is 10.5 Å². The number of sulfonamides is 1. The number of hydrogen-bond donors (Lipinski definition) is 1. The van der Waals surface area contributed by atoms with Gasteiger partial charge in [0.2, 0.25) is 10.0 Å². The molecule has 19 heavy (non-hydrogen) atoms. The maximum absolute atomic E-state index is 13.2. The summed E-state index contributed by atoms with van der Waals surface area (Å²) < 4.78 is 43.8. The molecule has 0 amide bonds. The summed E-state index contributed by atoms with van der Waals surface area (Å²) in [6, 6.07) is 1.91. The Balaban J connectivity index is 3.03. The Morgan fingerprint density at radius 3 is 2.68 bits per heavy atom. The number of hydrogen-bond acceptors (Lipinski definition) is 4. The summed E-state index contributed by atoms with van der Waals surface area (Å²) in [5.74, 6) is -0.749. The predicted octanol–water partition coefficient (Wildman–Crippen LogP) is 1.72. The number of halogens is 2. The van der Waals surface area contributed by atoms with Crippen molar-refractivity contribution in [3.8, 4) is 0 Å². The van der Waals surface area contributed by atoms with E-state index in [1.807, 2.05) is 6.92 Å². The molecule has 1 rings (SSSR count). The smallest absolute Gasteiger partial charge is 0.244 e. The Bertz CT molecular complexity index is 551. The molecule has 1 aromatic carbocycles. The van der Waals surface area contributed by atoms with E-state index in [0.717, 1.165) is 16.4 Å². The Labute approximate surface area is 117 Å². The maximum Gasteiger partial charge on any atom is 0.244 e. The minimum Gasteiger partial charge on any atom is -0.396 e. The van der Waals surface area contributed by atoms with Crippen molar-refractivity contribution in [1.29, 1.82) is 0 Å². The predicted molar refractivity (Wildman–Crippen MR) is 72.1 cm³/mol. The number of nitrogen functional groups attached to an aromatic ring is 1. The number of nitrogens with zero attached hydrogens (tertiary/aromatic N) is 1. The normalized spacial score (nSPS) is 12.1. The highest BCUT2D eigenvalue weighted by Gasteiger charge is 2.24. The highest BCUT2D eigenvalue weighted by molar-refractivity contribution is 7.89. The molecule has 2 N–H and O–H groups in total. The molecule has 0 atom stereocenters. The average molecular weight is 311 g/mol. The molecular weight excluding hydrogens is 295 g/mol. The summed E-state index contributed by atoms with van der Waals surface area (Å²) in [5.41, 5.74) is 5.10. The third-order valence-electron chi connectivity index (χ3n) is 2.49. The molecule has 0 saturated heterocycles. The number of anilines is 1. The fraction of sp³-hybridized carbons (Fsp3) is 0.455. The van der Waals surface area contributed by atoms with Crippen LogP contribution < -0.4 is 5.73 Å². The van der Waals surface area contributed by atoms with E-state index in [1.54, 1.807) is 0 Å². The highest BCUT2D eigenvalue weighted by Crippen LogP contribution is 2.28. The molecule has 0 heterocycles.